The maximum atomic E-state index is 12.0. The van der Waals surface area contributed by atoms with Crippen LogP contribution in [0, 0.1) is 0 Å². The maximum Gasteiger partial charge on any atom is 0.254 e. The number of hydrogen-bond acceptors (Lipinski definition) is 4. The summed E-state index contributed by atoms with van der Waals surface area (Å²) in [5.74, 6) is 1.36. The number of nitrogens with zero attached hydrogens (tertiary/aromatic N) is 1. The molecular weight excluding hydrogens is 294 g/mol. The molecule has 2 N–H and O–H groups in total. The molecule has 2 aromatic rings. The first-order valence-corrected chi connectivity index (χ1v) is 7.79. The van der Waals surface area contributed by atoms with Crippen LogP contribution in [0.1, 0.15) is 17.1 Å². The smallest absolute Gasteiger partial charge is 0.254 e. The van der Waals surface area contributed by atoms with Gasteiger partial charge in [0.25, 0.3) is 5.56 Å². The lowest BCUT2D eigenvalue weighted by Gasteiger charge is -2.15. The van der Waals surface area contributed by atoms with E-state index in [9.17, 15) is 4.79 Å². The van der Waals surface area contributed by atoms with Crippen molar-refractivity contribution in [3.63, 3.8) is 0 Å². The van der Waals surface area contributed by atoms with Gasteiger partial charge < -0.3 is 10.3 Å². The Balaban J connectivity index is 1.76. The Labute approximate surface area is 126 Å². The molecule has 3 rings (SSSR count). The molecule has 20 heavy (non-hydrogen) atoms. The van der Waals surface area contributed by atoms with Crippen LogP contribution < -0.4 is 10.9 Å². The Hall–Kier alpha value is -1.30. The average Bonchev–Trinajstić information content (AvgIpc) is 2.47. The van der Waals surface area contributed by atoms with Crippen LogP contribution in [-0.2, 0) is 18.7 Å². The van der Waals surface area contributed by atoms with Crippen molar-refractivity contribution in [3.05, 3.63) is 56.7 Å². The molecule has 0 saturated heterocycles. The number of aromatic amines is 1. The van der Waals surface area contributed by atoms with E-state index in [1.54, 1.807) is 11.8 Å². The van der Waals surface area contributed by atoms with Crippen LogP contribution in [0.2, 0.25) is 5.02 Å². The van der Waals surface area contributed by atoms with E-state index in [0.29, 0.717) is 12.3 Å². The molecule has 0 amide bonds. The molecule has 0 saturated carbocycles. The second-order valence-electron chi connectivity index (χ2n) is 4.61. The molecule has 0 bridgehead atoms. The molecule has 0 spiro atoms. The predicted molar refractivity (Wildman–Crippen MR) is 81.3 cm³/mol. The fourth-order valence-electron chi connectivity index (χ4n) is 2.17. The van der Waals surface area contributed by atoms with Gasteiger partial charge in [-0.15, -0.1) is 11.8 Å². The van der Waals surface area contributed by atoms with Crippen LogP contribution in [0.4, 0.5) is 0 Å². The van der Waals surface area contributed by atoms with Crippen LogP contribution in [0.25, 0.3) is 0 Å². The summed E-state index contributed by atoms with van der Waals surface area (Å²) in [5.41, 5.74) is 1.71. The summed E-state index contributed by atoms with van der Waals surface area (Å²) in [7, 11) is 0. The van der Waals surface area contributed by atoms with Crippen molar-refractivity contribution in [2.24, 2.45) is 0 Å². The van der Waals surface area contributed by atoms with Gasteiger partial charge in [-0.1, -0.05) is 11.6 Å². The Morgan fingerprint density at radius 1 is 1.30 bits per heavy atom. The zero-order valence-electron chi connectivity index (χ0n) is 10.8. The number of nitrogens with one attached hydrogen (secondary N) is 2. The van der Waals surface area contributed by atoms with Crippen molar-refractivity contribution in [3.8, 4) is 0 Å². The van der Waals surface area contributed by atoms with E-state index in [-0.39, 0.29) is 5.56 Å². The van der Waals surface area contributed by atoms with Crippen molar-refractivity contribution in [1.82, 2.24) is 15.3 Å². The minimum atomic E-state index is 0.00297. The van der Waals surface area contributed by atoms with Gasteiger partial charge in [-0.2, -0.15) is 0 Å². The van der Waals surface area contributed by atoms with Gasteiger partial charge in [-0.25, -0.2) is 4.98 Å². The second-order valence-corrected chi connectivity index (χ2v) is 6.09. The highest BCUT2D eigenvalue weighted by Gasteiger charge is 2.14. The van der Waals surface area contributed by atoms with Crippen LogP contribution >= 0.6 is 23.4 Å². The zero-order valence-corrected chi connectivity index (χ0v) is 12.4. The topological polar surface area (TPSA) is 57.8 Å². The van der Waals surface area contributed by atoms with Crippen molar-refractivity contribution >= 4 is 23.4 Å². The summed E-state index contributed by atoms with van der Waals surface area (Å²) in [6.07, 6.45) is 0.752. The third-order valence-electron chi connectivity index (χ3n) is 3.18. The van der Waals surface area contributed by atoms with Gasteiger partial charge in [0.05, 0.1) is 11.4 Å². The zero-order chi connectivity index (χ0) is 13.9. The normalized spacial score (nSPS) is 14.1. The Morgan fingerprint density at radius 3 is 2.90 bits per heavy atom. The number of hydrogen-bond donors (Lipinski definition) is 2. The Kier molecular flexibility index (Phi) is 4.10. The molecule has 6 heteroatoms. The lowest BCUT2D eigenvalue weighted by atomic mass is 10.1. The van der Waals surface area contributed by atoms with Gasteiger partial charge in [-0.3, -0.25) is 4.79 Å². The number of benzene rings is 1. The van der Waals surface area contributed by atoms with Gasteiger partial charge >= 0.3 is 0 Å². The lowest BCUT2D eigenvalue weighted by molar-refractivity contribution is 0.614. The van der Waals surface area contributed by atoms with Gasteiger partial charge in [0, 0.05) is 22.0 Å². The minimum absolute atomic E-state index is 0.00297. The standard InChI is InChI=1S/C14H14ClN3OS/c15-9-1-3-10(4-2-9)20-8-13-17-12-7-16-6-5-11(12)14(19)18-13/h1-4,16H,5-8H2,(H,17,18,19). The SMILES string of the molecule is O=c1[nH]c(CSc2ccc(Cl)cc2)nc2c1CCNC2. The lowest BCUT2D eigenvalue weighted by Crippen LogP contribution is -2.31. The largest absolute Gasteiger partial charge is 0.311 e. The molecule has 0 fully saturated rings. The van der Waals surface area contributed by atoms with Gasteiger partial charge in [0.15, 0.2) is 0 Å². The van der Waals surface area contributed by atoms with E-state index in [1.165, 1.54) is 0 Å². The molecular formula is C14H14ClN3OS. The Morgan fingerprint density at radius 2 is 2.10 bits per heavy atom. The van der Waals surface area contributed by atoms with Crippen molar-refractivity contribution in [2.75, 3.05) is 6.54 Å². The quantitative estimate of drug-likeness (QED) is 0.855. The van der Waals surface area contributed by atoms with E-state index in [1.807, 2.05) is 24.3 Å². The van der Waals surface area contributed by atoms with Crippen molar-refractivity contribution < 1.29 is 0 Å². The first-order chi connectivity index (χ1) is 9.72. The first kappa shape index (κ1) is 13.7. The van der Waals surface area contributed by atoms with E-state index in [2.05, 4.69) is 15.3 Å². The van der Waals surface area contributed by atoms with Crippen LogP contribution in [0.3, 0.4) is 0 Å². The van der Waals surface area contributed by atoms with E-state index < -0.39 is 0 Å². The van der Waals surface area contributed by atoms with Crippen LogP contribution in [0.15, 0.2) is 34.0 Å². The number of thioether (sulfide) groups is 1. The van der Waals surface area contributed by atoms with E-state index in [4.69, 9.17) is 11.6 Å². The Bertz CT molecular complexity index is 669. The molecule has 0 unspecified atom stereocenters. The van der Waals surface area contributed by atoms with Crippen molar-refractivity contribution in [1.29, 1.82) is 0 Å². The molecule has 2 heterocycles. The molecule has 0 aliphatic carbocycles. The summed E-state index contributed by atoms with van der Waals surface area (Å²) in [5, 5.41) is 3.96. The molecule has 0 atom stereocenters. The number of H-pyrrole nitrogens is 1. The van der Waals surface area contributed by atoms with E-state index in [0.717, 1.165) is 40.0 Å². The maximum absolute atomic E-state index is 12.0. The highest BCUT2D eigenvalue weighted by atomic mass is 35.5. The van der Waals surface area contributed by atoms with Crippen LogP contribution in [0.5, 0.6) is 0 Å². The van der Waals surface area contributed by atoms with E-state index >= 15 is 0 Å². The number of halogens is 1. The summed E-state index contributed by atoms with van der Waals surface area (Å²) >= 11 is 7.48. The summed E-state index contributed by atoms with van der Waals surface area (Å²) in [6.45, 7) is 1.52. The second kappa shape index (κ2) is 5.99. The highest BCUT2D eigenvalue weighted by molar-refractivity contribution is 7.98. The fraction of sp³-hybridized carbons (Fsp3) is 0.286. The third-order valence-corrected chi connectivity index (χ3v) is 4.46. The monoisotopic (exact) mass is 307 g/mol. The predicted octanol–water partition coefficient (Wildman–Crippen LogP) is 2.36. The third kappa shape index (κ3) is 3.06. The number of aromatic nitrogens is 2. The summed E-state index contributed by atoms with van der Waals surface area (Å²) in [6, 6.07) is 7.64. The first-order valence-electron chi connectivity index (χ1n) is 6.42. The molecule has 104 valence electrons. The summed E-state index contributed by atoms with van der Waals surface area (Å²) < 4.78 is 0. The number of fused-ring (bicyclic) bond motifs is 1. The minimum Gasteiger partial charge on any atom is -0.311 e. The van der Waals surface area contributed by atoms with Gasteiger partial charge in [0.1, 0.15) is 5.82 Å². The van der Waals surface area contributed by atoms with Gasteiger partial charge in [0.2, 0.25) is 0 Å². The molecule has 0 radical (unpaired) electrons. The highest BCUT2D eigenvalue weighted by Crippen LogP contribution is 2.23. The van der Waals surface area contributed by atoms with Crippen LogP contribution in [-0.4, -0.2) is 16.5 Å². The summed E-state index contributed by atoms with van der Waals surface area (Å²) in [4.78, 5) is 20.5. The average molecular weight is 308 g/mol. The molecule has 1 aromatic carbocycles. The molecule has 4 nitrogen and oxygen atoms in total. The van der Waals surface area contributed by atoms with Crippen molar-refractivity contribution in [2.45, 2.75) is 23.6 Å². The molecule has 1 aliphatic heterocycles. The molecule has 1 aromatic heterocycles. The molecule has 1 aliphatic rings. The van der Waals surface area contributed by atoms with Gasteiger partial charge in [-0.05, 0) is 37.2 Å². The fourth-order valence-corrected chi connectivity index (χ4v) is 3.07. The number of rotatable bonds is 3.